The van der Waals surface area contributed by atoms with Crippen molar-refractivity contribution in [3.8, 4) is 0 Å². The van der Waals surface area contributed by atoms with Gasteiger partial charge >= 0.3 is 0 Å². The van der Waals surface area contributed by atoms with Crippen molar-refractivity contribution in [1.29, 1.82) is 0 Å². The average molecular weight is 326 g/mol. The molecule has 2 rings (SSSR count). The highest BCUT2D eigenvalue weighted by Crippen LogP contribution is 2.34. The Kier molecular flexibility index (Phi) is 5.03. The monoisotopic (exact) mass is 326 g/mol. The third kappa shape index (κ3) is 3.63. The maximum Gasteiger partial charge on any atom is 0.242 e. The van der Waals surface area contributed by atoms with Gasteiger partial charge in [0.05, 0.1) is 0 Å². The first kappa shape index (κ1) is 16.4. The summed E-state index contributed by atoms with van der Waals surface area (Å²) in [4.78, 5) is 1.06. The van der Waals surface area contributed by atoms with Gasteiger partial charge in [0.15, 0.2) is 0 Å². The van der Waals surface area contributed by atoms with Crippen LogP contribution in [0, 0.1) is 5.92 Å². The lowest BCUT2D eigenvalue weighted by atomic mass is 10.1. The summed E-state index contributed by atoms with van der Waals surface area (Å²) in [6.07, 6.45) is 0.805. The van der Waals surface area contributed by atoms with Crippen molar-refractivity contribution in [3.05, 3.63) is 29.1 Å². The highest BCUT2D eigenvalue weighted by molar-refractivity contribution is 7.90. The molecule has 1 heterocycles. The van der Waals surface area contributed by atoms with Crippen molar-refractivity contribution in [3.63, 3.8) is 0 Å². The lowest BCUT2D eigenvalue weighted by Crippen LogP contribution is -2.34. The smallest absolute Gasteiger partial charge is 0.242 e. The largest absolute Gasteiger partial charge is 0.326 e. The van der Waals surface area contributed by atoms with Crippen molar-refractivity contribution in [1.82, 2.24) is 4.72 Å². The fraction of sp³-hybridized carbons (Fsp3) is 0.467. The molecule has 0 fully saturated rings. The fourth-order valence-corrected chi connectivity index (χ4v) is 5.67. The van der Waals surface area contributed by atoms with Gasteiger partial charge in [0, 0.05) is 27.5 Å². The predicted octanol–water partition coefficient (Wildman–Crippen LogP) is 3.07. The number of nitrogens with two attached hydrogens (primary N) is 1. The van der Waals surface area contributed by atoms with E-state index in [1.165, 1.54) is 11.3 Å². The van der Waals surface area contributed by atoms with Gasteiger partial charge in [0.2, 0.25) is 10.0 Å². The summed E-state index contributed by atoms with van der Waals surface area (Å²) in [6, 6.07) is 7.43. The van der Waals surface area contributed by atoms with Gasteiger partial charge in [-0.2, -0.15) is 0 Å². The average Bonchev–Trinajstić information content (AvgIpc) is 2.75. The summed E-state index contributed by atoms with van der Waals surface area (Å²) in [5.41, 5.74) is 5.74. The van der Waals surface area contributed by atoms with Crippen molar-refractivity contribution in [2.75, 3.05) is 0 Å². The Balaban J connectivity index is 2.44. The molecule has 3 N–H and O–H groups in total. The molecule has 0 saturated heterocycles. The van der Waals surface area contributed by atoms with Gasteiger partial charge in [-0.3, -0.25) is 0 Å². The van der Waals surface area contributed by atoms with E-state index in [4.69, 9.17) is 5.73 Å². The Labute approximate surface area is 130 Å². The third-order valence-electron chi connectivity index (χ3n) is 3.25. The Morgan fingerprint density at radius 1 is 1.24 bits per heavy atom. The molecule has 6 heteroatoms. The van der Waals surface area contributed by atoms with E-state index in [-0.39, 0.29) is 12.6 Å². The second-order valence-electron chi connectivity index (χ2n) is 5.71. The Hall–Kier alpha value is -0.950. The van der Waals surface area contributed by atoms with E-state index >= 15 is 0 Å². The van der Waals surface area contributed by atoms with Crippen molar-refractivity contribution in [2.24, 2.45) is 11.7 Å². The van der Waals surface area contributed by atoms with E-state index in [2.05, 4.69) is 18.6 Å². The molecule has 0 aliphatic heterocycles. The number of fused-ring (bicyclic) bond motifs is 1. The summed E-state index contributed by atoms with van der Waals surface area (Å²) in [7, 11) is -3.55. The third-order valence-corrected chi connectivity index (χ3v) is 6.29. The Bertz CT molecular complexity index is 720. The lowest BCUT2D eigenvalue weighted by molar-refractivity contribution is 0.482. The molecule has 0 aliphatic carbocycles. The zero-order valence-electron chi connectivity index (χ0n) is 12.6. The summed E-state index contributed by atoms with van der Waals surface area (Å²) >= 11 is 1.45. The quantitative estimate of drug-likeness (QED) is 0.857. The van der Waals surface area contributed by atoms with Gasteiger partial charge < -0.3 is 5.73 Å². The second kappa shape index (κ2) is 6.44. The van der Waals surface area contributed by atoms with E-state index in [1.54, 1.807) is 0 Å². The van der Waals surface area contributed by atoms with Crippen LogP contribution in [-0.2, 0) is 16.6 Å². The standard InChI is InChI=1S/C15H22N2O2S2/c1-10(2)8-11(3)17-21(18,19)15-12-6-4-5-7-13(12)20-14(15)9-16/h4-7,10-11,17H,8-9,16H2,1-3H3. The van der Waals surface area contributed by atoms with Gasteiger partial charge in [0.25, 0.3) is 0 Å². The van der Waals surface area contributed by atoms with Crippen LogP contribution in [0.2, 0.25) is 0 Å². The Morgan fingerprint density at radius 3 is 2.52 bits per heavy atom. The molecule has 0 radical (unpaired) electrons. The molecular formula is C15H22N2O2S2. The zero-order valence-corrected chi connectivity index (χ0v) is 14.2. The minimum absolute atomic E-state index is 0.0979. The van der Waals surface area contributed by atoms with Crippen molar-refractivity contribution >= 4 is 31.4 Å². The van der Waals surface area contributed by atoms with Gasteiger partial charge in [-0.1, -0.05) is 32.0 Å². The van der Waals surface area contributed by atoms with Crippen LogP contribution >= 0.6 is 11.3 Å². The molecule has 1 aromatic carbocycles. The number of rotatable bonds is 6. The van der Waals surface area contributed by atoms with Crippen LogP contribution in [0.25, 0.3) is 10.1 Å². The molecule has 0 aliphatic rings. The molecule has 1 aromatic heterocycles. The summed E-state index contributed by atoms with van der Waals surface area (Å²) in [6.45, 7) is 6.29. The predicted molar refractivity (Wildman–Crippen MR) is 89.0 cm³/mol. The summed E-state index contributed by atoms with van der Waals surface area (Å²) < 4.78 is 29.2. The molecule has 116 valence electrons. The number of nitrogens with one attached hydrogen (secondary N) is 1. The Morgan fingerprint density at radius 2 is 1.90 bits per heavy atom. The first-order valence-electron chi connectivity index (χ1n) is 7.08. The molecule has 2 aromatic rings. The zero-order chi connectivity index (χ0) is 15.6. The maximum atomic E-state index is 12.7. The molecular weight excluding hydrogens is 304 g/mol. The second-order valence-corrected chi connectivity index (χ2v) is 8.49. The van der Waals surface area contributed by atoms with Crippen LogP contribution in [0.1, 0.15) is 32.1 Å². The van der Waals surface area contributed by atoms with Crippen molar-refractivity contribution < 1.29 is 8.42 Å². The molecule has 1 atom stereocenters. The molecule has 1 unspecified atom stereocenters. The molecule has 0 spiro atoms. The van der Waals surface area contributed by atoms with Gasteiger partial charge in [-0.05, 0) is 25.3 Å². The number of sulfonamides is 1. The van der Waals surface area contributed by atoms with Gasteiger partial charge in [0.1, 0.15) is 4.90 Å². The highest BCUT2D eigenvalue weighted by Gasteiger charge is 2.25. The molecule has 0 amide bonds. The molecule has 0 bridgehead atoms. The molecule has 4 nitrogen and oxygen atoms in total. The van der Waals surface area contributed by atoms with Gasteiger partial charge in [-0.15, -0.1) is 11.3 Å². The van der Waals surface area contributed by atoms with Crippen LogP contribution in [0.3, 0.4) is 0 Å². The van der Waals surface area contributed by atoms with E-state index in [0.717, 1.165) is 16.5 Å². The summed E-state index contributed by atoms with van der Waals surface area (Å²) in [5.74, 6) is 0.441. The first-order chi connectivity index (χ1) is 9.85. The topological polar surface area (TPSA) is 72.2 Å². The minimum atomic E-state index is -3.55. The lowest BCUT2D eigenvalue weighted by Gasteiger charge is -2.16. The fourth-order valence-electron chi connectivity index (χ4n) is 2.58. The van der Waals surface area contributed by atoms with Crippen LogP contribution in [-0.4, -0.2) is 14.5 Å². The van der Waals surface area contributed by atoms with Crippen LogP contribution in [0.15, 0.2) is 29.2 Å². The normalized spacial score (nSPS) is 14.0. The minimum Gasteiger partial charge on any atom is -0.326 e. The molecule has 21 heavy (non-hydrogen) atoms. The van der Waals surface area contributed by atoms with Gasteiger partial charge in [-0.25, -0.2) is 13.1 Å². The van der Waals surface area contributed by atoms with Crippen LogP contribution in [0.5, 0.6) is 0 Å². The highest BCUT2D eigenvalue weighted by atomic mass is 32.2. The maximum absolute atomic E-state index is 12.7. The number of hydrogen-bond acceptors (Lipinski definition) is 4. The summed E-state index contributed by atoms with van der Waals surface area (Å²) in [5, 5.41) is 0.757. The van der Waals surface area contributed by atoms with E-state index in [0.29, 0.717) is 15.7 Å². The SMILES string of the molecule is CC(C)CC(C)NS(=O)(=O)c1c(CN)sc2ccccc12. The number of benzene rings is 1. The molecule has 0 saturated carbocycles. The van der Waals surface area contributed by atoms with Crippen molar-refractivity contribution in [2.45, 2.75) is 44.7 Å². The van der Waals surface area contributed by atoms with Crippen LogP contribution < -0.4 is 10.5 Å². The van der Waals surface area contributed by atoms with E-state index < -0.39 is 10.0 Å². The number of hydrogen-bond donors (Lipinski definition) is 2. The number of thiophene rings is 1. The van der Waals surface area contributed by atoms with E-state index in [9.17, 15) is 8.42 Å². The first-order valence-corrected chi connectivity index (χ1v) is 9.38. The van der Waals surface area contributed by atoms with Crippen LogP contribution in [0.4, 0.5) is 0 Å². The van der Waals surface area contributed by atoms with E-state index in [1.807, 2.05) is 31.2 Å².